The third kappa shape index (κ3) is 5.27. The highest BCUT2D eigenvalue weighted by atomic mass is 16.5. The highest BCUT2D eigenvalue weighted by Crippen LogP contribution is 2.13. The molecule has 0 saturated heterocycles. The number of aromatic nitrogens is 3. The molecule has 0 spiro atoms. The summed E-state index contributed by atoms with van der Waals surface area (Å²) in [5.74, 6) is 2.48. The van der Waals surface area contributed by atoms with Crippen LogP contribution in [0.3, 0.4) is 0 Å². The summed E-state index contributed by atoms with van der Waals surface area (Å²) >= 11 is 0. The van der Waals surface area contributed by atoms with Crippen molar-refractivity contribution >= 4 is 5.95 Å². The van der Waals surface area contributed by atoms with Gasteiger partial charge in [0.05, 0.1) is 19.3 Å². The van der Waals surface area contributed by atoms with Crippen molar-refractivity contribution in [1.29, 1.82) is 0 Å². The Morgan fingerprint density at radius 1 is 1.08 bits per heavy atom. The predicted molar refractivity (Wildman–Crippen MR) is 97.2 cm³/mol. The van der Waals surface area contributed by atoms with Crippen LogP contribution in [-0.2, 0) is 11.3 Å². The summed E-state index contributed by atoms with van der Waals surface area (Å²) in [6.07, 6.45) is 0.940. The number of benzene rings is 1. The maximum absolute atomic E-state index is 5.90. The van der Waals surface area contributed by atoms with Crippen molar-refractivity contribution in [1.82, 2.24) is 15.0 Å². The van der Waals surface area contributed by atoms with E-state index in [0.717, 1.165) is 18.1 Å². The Balaban J connectivity index is 1.94. The van der Waals surface area contributed by atoms with Gasteiger partial charge in [0.1, 0.15) is 11.6 Å². The number of rotatable bonds is 8. The van der Waals surface area contributed by atoms with Gasteiger partial charge in [0.15, 0.2) is 0 Å². The third-order valence-electron chi connectivity index (χ3n) is 3.94. The van der Waals surface area contributed by atoms with Gasteiger partial charge < -0.3 is 10.1 Å². The molecule has 24 heavy (non-hydrogen) atoms. The average Bonchev–Trinajstić information content (AvgIpc) is 2.55. The summed E-state index contributed by atoms with van der Waals surface area (Å²) in [6, 6.07) is 8.48. The van der Waals surface area contributed by atoms with Crippen molar-refractivity contribution in [2.24, 2.45) is 0 Å². The number of nitrogens with one attached hydrogen (secondary N) is 1. The van der Waals surface area contributed by atoms with Crippen molar-refractivity contribution in [2.45, 2.75) is 59.6 Å². The van der Waals surface area contributed by atoms with E-state index in [9.17, 15) is 0 Å². The molecule has 0 aliphatic heterocycles. The first-order valence-electron chi connectivity index (χ1n) is 8.61. The van der Waals surface area contributed by atoms with Crippen LogP contribution in [0.2, 0.25) is 0 Å². The van der Waals surface area contributed by atoms with E-state index >= 15 is 0 Å². The lowest BCUT2D eigenvalue weighted by molar-refractivity contribution is 0.110. The topological polar surface area (TPSA) is 59.9 Å². The molecule has 5 nitrogen and oxygen atoms in total. The summed E-state index contributed by atoms with van der Waals surface area (Å²) < 4.78 is 5.90. The Morgan fingerprint density at radius 2 is 1.83 bits per heavy atom. The van der Waals surface area contributed by atoms with Crippen molar-refractivity contribution in [3.8, 4) is 0 Å². The minimum absolute atomic E-state index is 0.177. The average molecular weight is 328 g/mol. The Bertz CT molecular complexity index is 658. The fourth-order valence-corrected chi connectivity index (χ4v) is 2.35. The fourth-order valence-electron chi connectivity index (χ4n) is 2.35. The molecule has 0 bridgehead atoms. The second-order valence-corrected chi connectivity index (χ2v) is 6.41. The van der Waals surface area contributed by atoms with Gasteiger partial charge in [-0.1, -0.05) is 45.0 Å². The van der Waals surface area contributed by atoms with E-state index in [1.54, 1.807) is 0 Å². The van der Waals surface area contributed by atoms with E-state index in [2.05, 4.69) is 60.1 Å². The van der Waals surface area contributed by atoms with Gasteiger partial charge in [-0.3, -0.25) is 0 Å². The number of ether oxygens (including phenoxy) is 1. The highest BCUT2D eigenvalue weighted by molar-refractivity contribution is 5.27. The third-order valence-corrected chi connectivity index (χ3v) is 3.94. The van der Waals surface area contributed by atoms with Crippen LogP contribution in [0.25, 0.3) is 0 Å². The largest absolute Gasteiger partial charge is 0.375 e. The molecule has 0 fully saturated rings. The molecule has 130 valence electrons. The maximum Gasteiger partial charge on any atom is 0.226 e. The van der Waals surface area contributed by atoms with Gasteiger partial charge in [0.2, 0.25) is 5.95 Å². The van der Waals surface area contributed by atoms with Gasteiger partial charge >= 0.3 is 0 Å². The van der Waals surface area contributed by atoms with Crippen LogP contribution in [0.1, 0.15) is 55.9 Å². The second kappa shape index (κ2) is 8.73. The van der Waals surface area contributed by atoms with E-state index in [0.29, 0.717) is 19.2 Å². The van der Waals surface area contributed by atoms with E-state index < -0.39 is 0 Å². The van der Waals surface area contributed by atoms with Crippen LogP contribution in [0.15, 0.2) is 24.3 Å². The van der Waals surface area contributed by atoms with E-state index in [4.69, 9.17) is 4.74 Å². The Hall–Kier alpha value is -2.01. The molecule has 0 radical (unpaired) electrons. The number of hydrogen-bond acceptors (Lipinski definition) is 5. The molecule has 2 aromatic rings. The zero-order valence-electron chi connectivity index (χ0n) is 15.3. The molecule has 2 rings (SSSR count). The quantitative estimate of drug-likeness (QED) is 0.793. The number of nitrogens with zero attached hydrogens (tertiary/aromatic N) is 3. The lowest BCUT2D eigenvalue weighted by Gasteiger charge is -2.18. The molecule has 0 aliphatic carbocycles. The lowest BCUT2D eigenvalue weighted by atomic mass is 10.1. The first-order chi connectivity index (χ1) is 11.5. The van der Waals surface area contributed by atoms with Crippen LogP contribution in [0.4, 0.5) is 5.95 Å². The summed E-state index contributed by atoms with van der Waals surface area (Å²) in [6.45, 7) is 11.5. The molecular formula is C19H28N4O. The SMILES string of the molecule is CCC(COCc1ccccc1C)Nc1nc(C)nc(C(C)C)n1. The molecule has 0 aliphatic rings. The van der Waals surface area contributed by atoms with Gasteiger partial charge in [-0.25, -0.2) is 4.98 Å². The minimum atomic E-state index is 0.177. The molecule has 0 saturated carbocycles. The van der Waals surface area contributed by atoms with Crippen molar-refractivity contribution in [3.05, 3.63) is 47.0 Å². The van der Waals surface area contributed by atoms with Crippen LogP contribution in [0.5, 0.6) is 0 Å². The zero-order chi connectivity index (χ0) is 17.5. The molecule has 1 aromatic carbocycles. The minimum Gasteiger partial charge on any atom is -0.375 e. The molecule has 1 aromatic heterocycles. The monoisotopic (exact) mass is 328 g/mol. The standard InChI is InChI=1S/C19H28N4O/c1-6-17(12-24-11-16-10-8-7-9-14(16)4)22-19-21-15(5)20-18(23-19)13(2)3/h7-10,13,17H,6,11-12H2,1-5H3,(H,20,21,22,23). The van der Waals surface area contributed by atoms with Crippen LogP contribution in [0, 0.1) is 13.8 Å². The van der Waals surface area contributed by atoms with E-state index in [1.807, 2.05) is 19.1 Å². The Kier molecular flexibility index (Phi) is 6.67. The summed E-state index contributed by atoms with van der Waals surface area (Å²) in [5.41, 5.74) is 2.48. The first kappa shape index (κ1) is 18.3. The van der Waals surface area contributed by atoms with Crippen LogP contribution in [-0.4, -0.2) is 27.6 Å². The Morgan fingerprint density at radius 3 is 2.50 bits per heavy atom. The van der Waals surface area contributed by atoms with Crippen LogP contribution >= 0.6 is 0 Å². The van der Waals surface area contributed by atoms with Gasteiger partial charge in [-0.2, -0.15) is 9.97 Å². The molecule has 0 amide bonds. The molecule has 5 heteroatoms. The lowest BCUT2D eigenvalue weighted by Crippen LogP contribution is -2.26. The Labute approximate surface area is 144 Å². The number of aryl methyl sites for hydroxylation is 2. The zero-order valence-corrected chi connectivity index (χ0v) is 15.3. The number of hydrogen-bond donors (Lipinski definition) is 1. The highest BCUT2D eigenvalue weighted by Gasteiger charge is 2.12. The van der Waals surface area contributed by atoms with Crippen LogP contribution < -0.4 is 5.32 Å². The van der Waals surface area contributed by atoms with E-state index in [-0.39, 0.29) is 12.0 Å². The smallest absolute Gasteiger partial charge is 0.226 e. The summed E-state index contributed by atoms with van der Waals surface area (Å²) in [7, 11) is 0. The van der Waals surface area contributed by atoms with Gasteiger partial charge in [0, 0.05) is 5.92 Å². The van der Waals surface area contributed by atoms with Crippen molar-refractivity contribution in [3.63, 3.8) is 0 Å². The normalized spacial score (nSPS) is 12.4. The molecule has 1 unspecified atom stereocenters. The van der Waals surface area contributed by atoms with Gasteiger partial charge in [0.25, 0.3) is 0 Å². The van der Waals surface area contributed by atoms with Gasteiger partial charge in [-0.05, 0) is 31.4 Å². The molecular weight excluding hydrogens is 300 g/mol. The fraction of sp³-hybridized carbons (Fsp3) is 0.526. The molecule has 1 heterocycles. The van der Waals surface area contributed by atoms with Crippen molar-refractivity contribution in [2.75, 3.05) is 11.9 Å². The molecule has 1 N–H and O–H groups in total. The summed E-state index contributed by atoms with van der Waals surface area (Å²) in [5, 5.41) is 3.38. The maximum atomic E-state index is 5.90. The first-order valence-corrected chi connectivity index (χ1v) is 8.61. The summed E-state index contributed by atoms with van der Waals surface area (Å²) in [4.78, 5) is 13.3. The van der Waals surface area contributed by atoms with Gasteiger partial charge in [-0.15, -0.1) is 0 Å². The van der Waals surface area contributed by atoms with Crippen molar-refractivity contribution < 1.29 is 4.74 Å². The molecule has 1 atom stereocenters. The second-order valence-electron chi connectivity index (χ2n) is 6.41. The predicted octanol–water partition coefficient (Wildman–Crippen LogP) is 4.02. The van der Waals surface area contributed by atoms with E-state index in [1.165, 1.54) is 11.1 Å². The number of anilines is 1.